The highest BCUT2D eigenvalue weighted by Crippen LogP contribution is 2.29. The summed E-state index contributed by atoms with van der Waals surface area (Å²) in [5.41, 5.74) is 0.447. The highest BCUT2D eigenvalue weighted by atomic mass is 32.2. The van der Waals surface area contributed by atoms with Gasteiger partial charge in [0.05, 0.1) is 22.7 Å². The van der Waals surface area contributed by atoms with Gasteiger partial charge in [0.15, 0.2) is 0 Å². The van der Waals surface area contributed by atoms with Gasteiger partial charge in [0, 0.05) is 18.9 Å². The van der Waals surface area contributed by atoms with E-state index in [9.17, 15) is 21.6 Å². The smallest absolute Gasteiger partial charge is 0.271 e. The highest BCUT2D eigenvalue weighted by molar-refractivity contribution is 7.89. The quantitative estimate of drug-likeness (QED) is 0.695. The lowest BCUT2D eigenvalue weighted by molar-refractivity contribution is -0.137. The van der Waals surface area contributed by atoms with Crippen molar-refractivity contribution in [3.8, 4) is 11.4 Å². The van der Waals surface area contributed by atoms with Crippen LogP contribution in [0.5, 0.6) is 0 Å². The first-order chi connectivity index (χ1) is 12.8. The lowest BCUT2D eigenvalue weighted by atomic mass is 10.2. The third-order valence-electron chi connectivity index (χ3n) is 3.69. The summed E-state index contributed by atoms with van der Waals surface area (Å²) in [7, 11) is -3.91. The molecule has 0 saturated carbocycles. The van der Waals surface area contributed by atoms with Crippen LogP contribution in [0.3, 0.4) is 0 Å². The molecule has 0 amide bonds. The molecule has 0 saturated heterocycles. The predicted octanol–water partition coefficient (Wildman–Crippen LogP) is 2.94. The summed E-state index contributed by atoms with van der Waals surface area (Å²) in [6.07, 6.45) is -1.18. The molecule has 2 heterocycles. The maximum Gasteiger partial charge on any atom is 0.416 e. The highest BCUT2D eigenvalue weighted by Gasteiger charge is 2.30. The van der Waals surface area contributed by atoms with Crippen molar-refractivity contribution in [2.45, 2.75) is 17.6 Å². The first kappa shape index (κ1) is 19.1. The summed E-state index contributed by atoms with van der Waals surface area (Å²) in [6.45, 7) is 0.291. The van der Waals surface area contributed by atoms with Crippen LogP contribution in [0.1, 0.15) is 5.56 Å². The van der Waals surface area contributed by atoms with Crippen molar-refractivity contribution in [3.05, 3.63) is 66.5 Å². The van der Waals surface area contributed by atoms with E-state index in [1.54, 1.807) is 35.3 Å². The Morgan fingerprint density at radius 1 is 1.00 bits per heavy atom. The molecule has 1 N–H and O–H groups in total. The molecule has 0 bridgehead atoms. The second-order valence-electron chi connectivity index (χ2n) is 5.60. The number of alkyl halides is 3. The zero-order valence-corrected chi connectivity index (χ0v) is 14.7. The van der Waals surface area contributed by atoms with Crippen LogP contribution in [0.4, 0.5) is 13.2 Å². The maximum atomic E-state index is 12.6. The standard InChI is InChI=1S/C17H15F3N4O2S/c18-17(19,20)13-4-6-14(7-5-13)27(25,26)22-10-12-24-11-8-16(23-24)15-3-1-2-9-21-15/h1-9,11,22H,10,12H2. The molecule has 0 spiro atoms. The fourth-order valence-electron chi connectivity index (χ4n) is 2.34. The minimum atomic E-state index is -4.51. The molecule has 3 rings (SSSR count). The van der Waals surface area contributed by atoms with Gasteiger partial charge in [0.2, 0.25) is 10.0 Å². The van der Waals surface area contributed by atoms with Gasteiger partial charge < -0.3 is 0 Å². The normalized spacial score (nSPS) is 12.3. The molecule has 1 aromatic carbocycles. The topological polar surface area (TPSA) is 76.9 Å². The third kappa shape index (κ3) is 4.72. The van der Waals surface area contributed by atoms with Crippen LogP contribution in [0.2, 0.25) is 0 Å². The van der Waals surface area contributed by atoms with Crippen LogP contribution < -0.4 is 4.72 Å². The summed E-state index contributed by atoms with van der Waals surface area (Å²) in [5.74, 6) is 0. The fraction of sp³-hybridized carbons (Fsp3) is 0.176. The molecule has 0 fully saturated rings. The largest absolute Gasteiger partial charge is 0.416 e. The van der Waals surface area contributed by atoms with E-state index in [0.717, 1.165) is 24.3 Å². The number of sulfonamides is 1. The predicted molar refractivity (Wildman–Crippen MR) is 92.1 cm³/mol. The average Bonchev–Trinajstić information content (AvgIpc) is 3.11. The van der Waals surface area contributed by atoms with Crippen molar-refractivity contribution in [1.29, 1.82) is 0 Å². The minimum absolute atomic E-state index is 0.0344. The van der Waals surface area contributed by atoms with E-state index >= 15 is 0 Å². The zero-order valence-electron chi connectivity index (χ0n) is 13.9. The van der Waals surface area contributed by atoms with Gasteiger partial charge in [0.1, 0.15) is 5.69 Å². The van der Waals surface area contributed by atoms with Crippen LogP contribution in [0, 0.1) is 0 Å². The Kier molecular flexibility index (Phi) is 5.29. The summed E-state index contributed by atoms with van der Waals surface area (Å²) in [4.78, 5) is 3.95. The Bertz CT molecular complexity index is 1000. The maximum absolute atomic E-state index is 12.6. The molecule has 0 aliphatic carbocycles. The van der Waals surface area contributed by atoms with Gasteiger partial charge in [-0.15, -0.1) is 0 Å². The van der Waals surface area contributed by atoms with E-state index < -0.39 is 21.8 Å². The molecule has 27 heavy (non-hydrogen) atoms. The van der Waals surface area contributed by atoms with Crippen molar-refractivity contribution in [3.63, 3.8) is 0 Å². The van der Waals surface area contributed by atoms with Crippen molar-refractivity contribution >= 4 is 10.0 Å². The van der Waals surface area contributed by atoms with Gasteiger partial charge in [-0.3, -0.25) is 9.67 Å². The molecular formula is C17H15F3N4O2S. The van der Waals surface area contributed by atoms with Gasteiger partial charge >= 0.3 is 6.18 Å². The molecule has 2 aromatic heterocycles. The molecule has 0 atom stereocenters. The third-order valence-corrected chi connectivity index (χ3v) is 5.17. The molecule has 142 valence electrons. The molecular weight excluding hydrogens is 381 g/mol. The number of rotatable bonds is 6. The Morgan fingerprint density at radius 3 is 2.37 bits per heavy atom. The second kappa shape index (κ2) is 7.49. The number of pyridine rings is 1. The number of nitrogens with zero attached hydrogens (tertiary/aromatic N) is 3. The number of benzene rings is 1. The molecule has 0 aliphatic rings. The molecule has 3 aromatic rings. The van der Waals surface area contributed by atoms with Gasteiger partial charge in [-0.2, -0.15) is 18.3 Å². The van der Waals surface area contributed by atoms with E-state index in [1.807, 2.05) is 6.07 Å². The van der Waals surface area contributed by atoms with Crippen molar-refractivity contribution < 1.29 is 21.6 Å². The van der Waals surface area contributed by atoms with Crippen LogP contribution in [0.25, 0.3) is 11.4 Å². The van der Waals surface area contributed by atoms with Gasteiger partial charge in [0.25, 0.3) is 0 Å². The SMILES string of the molecule is O=S(=O)(NCCn1ccc(-c2ccccn2)n1)c1ccc(C(F)(F)F)cc1. The second-order valence-corrected chi connectivity index (χ2v) is 7.37. The zero-order chi connectivity index (χ0) is 19.5. The minimum Gasteiger partial charge on any atom is -0.271 e. The van der Waals surface area contributed by atoms with E-state index in [1.165, 1.54) is 0 Å². The summed E-state index contributed by atoms with van der Waals surface area (Å²) >= 11 is 0. The Hall–Kier alpha value is -2.72. The number of aromatic nitrogens is 3. The van der Waals surface area contributed by atoms with E-state index in [2.05, 4.69) is 14.8 Å². The first-order valence-electron chi connectivity index (χ1n) is 7.87. The van der Waals surface area contributed by atoms with Crippen molar-refractivity contribution in [2.75, 3.05) is 6.54 Å². The fourth-order valence-corrected chi connectivity index (χ4v) is 3.36. The Morgan fingerprint density at radius 2 is 1.74 bits per heavy atom. The van der Waals surface area contributed by atoms with Crippen molar-refractivity contribution in [1.82, 2.24) is 19.5 Å². The first-order valence-corrected chi connectivity index (χ1v) is 9.36. The number of hydrogen-bond donors (Lipinski definition) is 1. The van der Waals surface area contributed by atoms with Gasteiger partial charge in [-0.1, -0.05) is 6.07 Å². The molecule has 0 aliphatic heterocycles. The van der Waals surface area contributed by atoms with Crippen LogP contribution in [0.15, 0.2) is 65.8 Å². The molecule has 10 heteroatoms. The van der Waals surface area contributed by atoms with E-state index in [4.69, 9.17) is 0 Å². The number of hydrogen-bond acceptors (Lipinski definition) is 4. The molecule has 0 unspecified atom stereocenters. The Labute approximate surface area is 153 Å². The van der Waals surface area contributed by atoms with Gasteiger partial charge in [-0.25, -0.2) is 13.1 Å². The lowest BCUT2D eigenvalue weighted by Crippen LogP contribution is -2.27. The van der Waals surface area contributed by atoms with Crippen LogP contribution >= 0.6 is 0 Å². The average molecular weight is 396 g/mol. The monoisotopic (exact) mass is 396 g/mol. The molecule has 0 radical (unpaired) electrons. The van der Waals surface area contributed by atoms with Crippen LogP contribution in [-0.2, 0) is 22.7 Å². The number of halogens is 3. The Balaban J connectivity index is 1.60. The molecule has 6 nitrogen and oxygen atoms in total. The summed E-state index contributed by atoms with van der Waals surface area (Å²) < 4.78 is 65.9. The lowest BCUT2D eigenvalue weighted by Gasteiger charge is -2.09. The summed E-state index contributed by atoms with van der Waals surface area (Å²) in [6, 6.07) is 10.5. The number of nitrogens with one attached hydrogen (secondary N) is 1. The van der Waals surface area contributed by atoms with Crippen molar-refractivity contribution in [2.24, 2.45) is 0 Å². The van der Waals surface area contributed by atoms with E-state index in [0.29, 0.717) is 11.4 Å². The summed E-state index contributed by atoms with van der Waals surface area (Å²) in [5, 5.41) is 4.31. The van der Waals surface area contributed by atoms with Crippen LogP contribution in [-0.4, -0.2) is 29.7 Å². The van der Waals surface area contributed by atoms with E-state index in [-0.39, 0.29) is 18.0 Å². The van der Waals surface area contributed by atoms with Gasteiger partial charge in [-0.05, 0) is 42.5 Å².